The fourth-order valence-corrected chi connectivity index (χ4v) is 8.60. The molecule has 0 saturated carbocycles. The van der Waals surface area contributed by atoms with Crippen LogP contribution in [0.15, 0.2) is 205 Å². The molecule has 9 aromatic rings. The molecule has 8 aromatic carbocycles. The van der Waals surface area contributed by atoms with Crippen molar-refractivity contribution in [3.8, 4) is 45.2 Å². The maximum atomic E-state index is 4.99. The second-order valence-corrected chi connectivity index (χ2v) is 14.8. The van der Waals surface area contributed by atoms with Crippen LogP contribution in [0.2, 0.25) is 0 Å². The molecule has 0 radical (unpaired) electrons. The molecule has 0 aliphatic heterocycles. The van der Waals surface area contributed by atoms with Crippen molar-refractivity contribution in [3.63, 3.8) is 0 Å². The van der Waals surface area contributed by atoms with Crippen LogP contribution in [0.3, 0.4) is 0 Å². The van der Waals surface area contributed by atoms with Crippen LogP contribution in [-0.2, 0) is 13.0 Å². The zero-order chi connectivity index (χ0) is 37.5. The van der Waals surface area contributed by atoms with Crippen LogP contribution in [0.5, 0.6) is 0 Å². The molecule has 0 aliphatic carbocycles. The highest BCUT2D eigenvalue weighted by atomic mass is 32.1. The standard InChI is InChI=1S/C53H38N2S/c1-5-16-38(17-6-1)20-13-29-50(54-37-39-18-7-2-8-19-39)42-30-33-44(34-31-42)55-51-36-43(32-35-45(51)40-21-9-3-10-22-40)47-26-15-28-49-48-27-14-25-46(52(48)56-53(47)49)41-23-11-4-12-24-41/h1-12,14-19,21-28,30-36,55H,20,37H2/b54-50+. The summed E-state index contributed by atoms with van der Waals surface area (Å²) in [5, 5.41) is 6.38. The Labute approximate surface area is 332 Å². The van der Waals surface area contributed by atoms with Crippen LogP contribution in [0, 0.1) is 11.8 Å². The number of benzene rings is 8. The molecule has 1 N–H and O–H groups in total. The van der Waals surface area contributed by atoms with Gasteiger partial charge in [-0.1, -0.05) is 188 Å². The molecular formula is C53H38N2S. The van der Waals surface area contributed by atoms with E-state index >= 15 is 0 Å². The van der Waals surface area contributed by atoms with Gasteiger partial charge in [0.1, 0.15) is 5.71 Å². The second kappa shape index (κ2) is 16.2. The first-order valence-corrected chi connectivity index (χ1v) is 19.8. The number of hydrogen-bond acceptors (Lipinski definition) is 3. The quantitative estimate of drug-likeness (QED) is 0.116. The van der Waals surface area contributed by atoms with E-state index in [9.17, 15) is 0 Å². The molecule has 0 fully saturated rings. The molecule has 0 saturated heterocycles. The van der Waals surface area contributed by atoms with E-state index in [1.165, 1.54) is 48.0 Å². The molecular weight excluding hydrogens is 697 g/mol. The van der Waals surface area contributed by atoms with Gasteiger partial charge in [0.15, 0.2) is 0 Å². The van der Waals surface area contributed by atoms with Gasteiger partial charge in [0.05, 0.1) is 6.54 Å². The molecule has 3 heteroatoms. The monoisotopic (exact) mass is 734 g/mol. The van der Waals surface area contributed by atoms with Crippen LogP contribution in [0.25, 0.3) is 53.6 Å². The Morgan fingerprint density at radius 2 is 1.04 bits per heavy atom. The third-order valence-corrected chi connectivity index (χ3v) is 11.4. The topological polar surface area (TPSA) is 24.4 Å². The fourth-order valence-electron chi connectivity index (χ4n) is 7.23. The summed E-state index contributed by atoms with van der Waals surface area (Å²) >= 11 is 1.88. The summed E-state index contributed by atoms with van der Waals surface area (Å²) in [7, 11) is 0. The third-order valence-electron chi connectivity index (χ3n) is 10.1. The van der Waals surface area contributed by atoms with E-state index < -0.39 is 0 Å². The van der Waals surface area contributed by atoms with E-state index in [4.69, 9.17) is 4.99 Å². The molecule has 0 atom stereocenters. The van der Waals surface area contributed by atoms with Gasteiger partial charge >= 0.3 is 0 Å². The number of fused-ring (bicyclic) bond motifs is 3. The number of thiophene rings is 1. The predicted octanol–water partition coefficient (Wildman–Crippen LogP) is 14.0. The summed E-state index contributed by atoms with van der Waals surface area (Å²) in [6.45, 7) is 0.573. The van der Waals surface area contributed by atoms with Crippen molar-refractivity contribution < 1.29 is 0 Å². The Balaban J connectivity index is 1.07. The van der Waals surface area contributed by atoms with Gasteiger partial charge in [-0.05, 0) is 63.1 Å². The lowest BCUT2D eigenvalue weighted by Gasteiger charge is -2.15. The number of rotatable bonds is 9. The van der Waals surface area contributed by atoms with Crippen LogP contribution >= 0.6 is 11.3 Å². The zero-order valence-corrected chi connectivity index (χ0v) is 31.6. The summed E-state index contributed by atoms with van der Waals surface area (Å²) in [6.07, 6.45) is 0.673. The van der Waals surface area contributed by atoms with E-state index in [1.807, 2.05) is 23.5 Å². The minimum absolute atomic E-state index is 0.573. The van der Waals surface area contributed by atoms with Crippen molar-refractivity contribution in [1.82, 2.24) is 0 Å². The summed E-state index contributed by atoms with van der Waals surface area (Å²) in [4.78, 5) is 4.99. The highest BCUT2D eigenvalue weighted by Crippen LogP contribution is 2.45. The Kier molecular flexibility index (Phi) is 10.0. The van der Waals surface area contributed by atoms with Gasteiger partial charge in [-0.25, -0.2) is 0 Å². The van der Waals surface area contributed by atoms with Crippen LogP contribution in [-0.4, -0.2) is 5.71 Å². The SMILES string of the molecule is C(#C/C(=N\Cc1ccccc1)c1ccc(Nc2cc(-c3cccc4c3sc3c(-c5ccccc5)cccc34)ccc2-c2ccccc2)cc1)Cc1ccccc1. The highest BCUT2D eigenvalue weighted by molar-refractivity contribution is 7.26. The molecule has 0 spiro atoms. The van der Waals surface area contributed by atoms with Crippen molar-refractivity contribution in [2.75, 3.05) is 5.32 Å². The number of anilines is 2. The smallest absolute Gasteiger partial charge is 0.115 e. The predicted molar refractivity (Wildman–Crippen MR) is 240 cm³/mol. The number of hydrogen-bond donors (Lipinski definition) is 1. The summed E-state index contributed by atoms with van der Waals surface area (Å²) in [5.41, 5.74) is 13.4. The van der Waals surface area contributed by atoms with Crippen molar-refractivity contribution in [2.45, 2.75) is 13.0 Å². The fraction of sp³-hybridized carbons (Fsp3) is 0.0377. The van der Waals surface area contributed by atoms with Crippen molar-refractivity contribution in [1.29, 1.82) is 0 Å². The van der Waals surface area contributed by atoms with Gasteiger partial charge in [0.2, 0.25) is 0 Å². The Morgan fingerprint density at radius 1 is 0.482 bits per heavy atom. The lowest BCUT2D eigenvalue weighted by Crippen LogP contribution is -2.00. The number of nitrogens with one attached hydrogen (secondary N) is 1. The van der Waals surface area contributed by atoms with Crippen LogP contribution < -0.4 is 5.32 Å². The Morgan fingerprint density at radius 3 is 1.66 bits per heavy atom. The first-order chi connectivity index (χ1) is 27.8. The highest BCUT2D eigenvalue weighted by Gasteiger charge is 2.16. The third kappa shape index (κ3) is 7.52. The minimum atomic E-state index is 0.573. The van der Waals surface area contributed by atoms with Crippen molar-refractivity contribution in [3.05, 3.63) is 217 Å². The zero-order valence-electron chi connectivity index (χ0n) is 30.8. The molecule has 1 heterocycles. The van der Waals surface area contributed by atoms with Crippen LogP contribution in [0.1, 0.15) is 16.7 Å². The molecule has 0 amide bonds. The van der Waals surface area contributed by atoms with E-state index in [2.05, 4.69) is 205 Å². The summed E-state index contributed by atoms with van der Waals surface area (Å²) < 4.78 is 2.61. The van der Waals surface area contributed by atoms with Gasteiger partial charge in [0.25, 0.3) is 0 Å². The molecule has 56 heavy (non-hydrogen) atoms. The van der Waals surface area contributed by atoms with Gasteiger partial charge in [-0.2, -0.15) is 0 Å². The van der Waals surface area contributed by atoms with E-state index in [0.717, 1.165) is 39.3 Å². The average molecular weight is 735 g/mol. The molecule has 0 aliphatic rings. The van der Waals surface area contributed by atoms with Gasteiger partial charge in [0, 0.05) is 49.1 Å². The summed E-state index contributed by atoms with van der Waals surface area (Å²) in [6, 6.07) is 70.7. The average Bonchev–Trinajstić information content (AvgIpc) is 3.66. The molecule has 9 rings (SSSR count). The van der Waals surface area contributed by atoms with E-state index in [-0.39, 0.29) is 0 Å². The van der Waals surface area contributed by atoms with Gasteiger partial charge in [-0.3, -0.25) is 4.99 Å². The summed E-state index contributed by atoms with van der Waals surface area (Å²) in [5.74, 6) is 6.77. The molecule has 0 bridgehead atoms. The first kappa shape index (κ1) is 34.8. The van der Waals surface area contributed by atoms with E-state index in [0.29, 0.717) is 13.0 Å². The maximum Gasteiger partial charge on any atom is 0.115 e. The molecule has 1 aromatic heterocycles. The molecule has 2 nitrogen and oxygen atoms in total. The lowest BCUT2D eigenvalue weighted by molar-refractivity contribution is 1.07. The lowest BCUT2D eigenvalue weighted by atomic mass is 9.96. The molecule has 266 valence electrons. The molecule has 0 unspecified atom stereocenters. The van der Waals surface area contributed by atoms with E-state index in [1.54, 1.807) is 0 Å². The minimum Gasteiger partial charge on any atom is -0.355 e. The van der Waals surface area contributed by atoms with Gasteiger partial charge in [-0.15, -0.1) is 11.3 Å². The van der Waals surface area contributed by atoms with Crippen molar-refractivity contribution in [2.24, 2.45) is 4.99 Å². The van der Waals surface area contributed by atoms with Crippen LogP contribution in [0.4, 0.5) is 11.4 Å². The van der Waals surface area contributed by atoms with Crippen molar-refractivity contribution >= 4 is 48.6 Å². The number of aliphatic imine (C=N–C) groups is 1. The second-order valence-electron chi connectivity index (χ2n) is 13.8. The van der Waals surface area contributed by atoms with Gasteiger partial charge < -0.3 is 5.32 Å². The Bertz CT molecular complexity index is 2850. The number of nitrogens with zero attached hydrogens (tertiary/aromatic N) is 1. The maximum absolute atomic E-state index is 4.99. The first-order valence-electron chi connectivity index (χ1n) is 18.9. The Hall–Kier alpha value is -6.99. The largest absolute Gasteiger partial charge is 0.355 e. The normalized spacial score (nSPS) is 11.3.